The van der Waals surface area contributed by atoms with Crippen LogP contribution in [0.3, 0.4) is 0 Å². The number of amides is 1. The average Bonchev–Trinajstić information content (AvgIpc) is 3.15. The number of aryl methyl sites for hydroxylation is 1. The number of nitrogens with one attached hydrogen (secondary N) is 2. The van der Waals surface area contributed by atoms with Gasteiger partial charge < -0.3 is 10.1 Å². The van der Waals surface area contributed by atoms with Gasteiger partial charge in [-0.25, -0.2) is 12.8 Å². The average molecular weight is 440 g/mol. The Morgan fingerprint density at radius 2 is 1.81 bits per heavy atom. The van der Waals surface area contributed by atoms with E-state index in [0.29, 0.717) is 23.4 Å². The van der Waals surface area contributed by atoms with Crippen LogP contribution in [0.25, 0.3) is 0 Å². The van der Waals surface area contributed by atoms with Crippen LogP contribution in [0.2, 0.25) is 0 Å². The molecule has 0 aromatic heterocycles. The van der Waals surface area contributed by atoms with Gasteiger partial charge in [0.2, 0.25) is 0 Å². The molecule has 31 heavy (non-hydrogen) atoms. The van der Waals surface area contributed by atoms with E-state index in [9.17, 15) is 17.6 Å². The number of carbonyl (C=O) groups excluding carboxylic acids is 1. The SMILES string of the molecule is COc1ccccc1NS(=O)(=O)c1ccc(C(=O)NC2CCc3ccc(F)cc32)cc1. The first kappa shape index (κ1) is 20.9. The summed E-state index contributed by atoms with van der Waals surface area (Å²) in [5.41, 5.74) is 2.45. The third-order valence-corrected chi connectivity index (χ3v) is 6.65. The Balaban J connectivity index is 1.48. The Kier molecular flexibility index (Phi) is 5.65. The lowest BCUT2D eigenvalue weighted by Gasteiger charge is -2.15. The number of halogens is 1. The molecular weight excluding hydrogens is 419 g/mol. The normalized spacial score (nSPS) is 15.2. The van der Waals surface area contributed by atoms with E-state index in [-0.39, 0.29) is 22.7 Å². The second-order valence-corrected chi connectivity index (χ2v) is 8.92. The largest absolute Gasteiger partial charge is 0.495 e. The fourth-order valence-electron chi connectivity index (χ4n) is 3.68. The summed E-state index contributed by atoms with van der Waals surface area (Å²) in [4.78, 5) is 12.7. The lowest BCUT2D eigenvalue weighted by atomic mass is 10.1. The molecule has 2 N–H and O–H groups in total. The Morgan fingerprint density at radius 3 is 2.55 bits per heavy atom. The Labute approximate surface area is 180 Å². The van der Waals surface area contributed by atoms with Crippen LogP contribution in [-0.2, 0) is 16.4 Å². The van der Waals surface area contributed by atoms with E-state index in [1.165, 1.54) is 43.5 Å². The second kappa shape index (κ2) is 8.39. The molecule has 1 atom stereocenters. The van der Waals surface area contributed by atoms with Gasteiger partial charge in [-0.2, -0.15) is 0 Å². The molecule has 8 heteroatoms. The highest BCUT2D eigenvalue weighted by molar-refractivity contribution is 7.92. The zero-order chi connectivity index (χ0) is 22.0. The summed E-state index contributed by atoms with van der Waals surface area (Å²) < 4.78 is 46.6. The van der Waals surface area contributed by atoms with E-state index in [1.807, 2.05) is 0 Å². The molecule has 1 aliphatic rings. The van der Waals surface area contributed by atoms with Gasteiger partial charge >= 0.3 is 0 Å². The van der Waals surface area contributed by atoms with Crippen molar-refractivity contribution in [1.82, 2.24) is 5.32 Å². The molecule has 6 nitrogen and oxygen atoms in total. The van der Waals surface area contributed by atoms with Gasteiger partial charge in [0.15, 0.2) is 0 Å². The number of rotatable bonds is 6. The van der Waals surface area contributed by atoms with E-state index in [0.717, 1.165) is 17.5 Å². The van der Waals surface area contributed by atoms with Crippen molar-refractivity contribution < 1.29 is 22.3 Å². The van der Waals surface area contributed by atoms with Crippen LogP contribution < -0.4 is 14.8 Å². The molecule has 0 bridgehead atoms. The van der Waals surface area contributed by atoms with Crippen molar-refractivity contribution in [3.63, 3.8) is 0 Å². The molecule has 0 aliphatic heterocycles. The summed E-state index contributed by atoms with van der Waals surface area (Å²) in [5, 5.41) is 2.90. The first-order valence-corrected chi connectivity index (χ1v) is 11.2. The first-order valence-electron chi connectivity index (χ1n) is 9.72. The number of methoxy groups -OCH3 is 1. The van der Waals surface area contributed by atoms with Crippen molar-refractivity contribution in [3.05, 3.63) is 89.2 Å². The molecule has 0 spiro atoms. The zero-order valence-corrected chi connectivity index (χ0v) is 17.6. The summed E-state index contributed by atoms with van der Waals surface area (Å²) in [7, 11) is -2.40. The molecule has 0 fully saturated rings. The number of anilines is 1. The molecular formula is C23H21FN2O4S. The number of carbonyl (C=O) groups is 1. The van der Waals surface area contributed by atoms with Gasteiger partial charge in [0.1, 0.15) is 11.6 Å². The monoisotopic (exact) mass is 440 g/mol. The van der Waals surface area contributed by atoms with E-state index in [4.69, 9.17) is 4.74 Å². The van der Waals surface area contributed by atoms with Crippen LogP contribution in [0.15, 0.2) is 71.6 Å². The number of ether oxygens (including phenoxy) is 1. The van der Waals surface area contributed by atoms with Gasteiger partial charge in [-0.15, -0.1) is 0 Å². The third kappa shape index (κ3) is 4.39. The van der Waals surface area contributed by atoms with Crippen molar-refractivity contribution in [1.29, 1.82) is 0 Å². The molecule has 0 radical (unpaired) electrons. The third-order valence-electron chi connectivity index (χ3n) is 5.27. The molecule has 1 unspecified atom stereocenters. The van der Waals surface area contributed by atoms with Crippen LogP contribution in [0, 0.1) is 5.82 Å². The second-order valence-electron chi connectivity index (χ2n) is 7.24. The molecule has 0 saturated heterocycles. The van der Waals surface area contributed by atoms with Crippen LogP contribution >= 0.6 is 0 Å². The molecule has 3 aromatic carbocycles. The van der Waals surface area contributed by atoms with Crippen LogP contribution in [-0.4, -0.2) is 21.4 Å². The van der Waals surface area contributed by atoms with Crippen LogP contribution in [0.5, 0.6) is 5.75 Å². The maximum absolute atomic E-state index is 13.6. The van der Waals surface area contributed by atoms with Gasteiger partial charge in [0.05, 0.1) is 23.7 Å². The number of fused-ring (bicyclic) bond motifs is 1. The molecule has 1 amide bonds. The van der Waals surface area contributed by atoms with Gasteiger partial charge in [0, 0.05) is 5.56 Å². The van der Waals surface area contributed by atoms with E-state index in [2.05, 4.69) is 10.0 Å². The first-order chi connectivity index (χ1) is 14.9. The molecule has 1 aliphatic carbocycles. The predicted molar refractivity (Wildman–Crippen MR) is 115 cm³/mol. The predicted octanol–water partition coefficient (Wildman–Crippen LogP) is 4.05. The summed E-state index contributed by atoms with van der Waals surface area (Å²) in [6.07, 6.45) is 1.46. The lowest BCUT2D eigenvalue weighted by molar-refractivity contribution is 0.0936. The maximum atomic E-state index is 13.6. The summed E-state index contributed by atoms with van der Waals surface area (Å²) >= 11 is 0. The molecule has 0 heterocycles. The summed E-state index contributed by atoms with van der Waals surface area (Å²) in [6, 6.07) is 16.7. The minimum Gasteiger partial charge on any atom is -0.495 e. The maximum Gasteiger partial charge on any atom is 0.262 e. The molecule has 160 valence electrons. The summed E-state index contributed by atoms with van der Waals surface area (Å²) in [6.45, 7) is 0. The summed E-state index contributed by atoms with van der Waals surface area (Å²) in [5.74, 6) is -0.281. The highest BCUT2D eigenvalue weighted by Gasteiger charge is 2.25. The van der Waals surface area contributed by atoms with E-state index in [1.54, 1.807) is 30.3 Å². The topological polar surface area (TPSA) is 84.5 Å². The van der Waals surface area contributed by atoms with E-state index < -0.39 is 10.0 Å². The van der Waals surface area contributed by atoms with Crippen molar-refractivity contribution in [2.24, 2.45) is 0 Å². The van der Waals surface area contributed by atoms with Gasteiger partial charge in [-0.05, 0) is 72.5 Å². The molecule has 3 aromatic rings. The van der Waals surface area contributed by atoms with Crippen molar-refractivity contribution >= 4 is 21.6 Å². The number of hydrogen-bond donors (Lipinski definition) is 2. The number of para-hydroxylation sites is 2. The Bertz CT molecular complexity index is 1230. The minimum absolute atomic E-state index is 0.0169. The fourth-order valence-corrected chi connectivity index (χ4v) is 4.75. The number of hydrogen-bond acceptors (Lipinski definition) is 4. The smallest absolute Gasteiger partial charge is 0.262 e. The van der Waals surface area contributed by atoms with Crippen molar-refractivity contribution in [2.75, 3.05) is 11.8 Å². The van der Waals surface area contributed by atoms with Crippen LogP contribution in [0.1, 0.15) is 33.9 Å². The standard InChI is InChI=1S/C23H21FN2O4S/c1-30-22-5-3-2-4-21(22)26-31(28,29)18-11-7-16(8-12-18)23(27)25-20-13-9-15-6-10-17(24)14-19(15)20/h2-8,10-12,14,20,26H,9,13H2,1H3,(H,25,27). The van der Waals surface area contributed by atoms with Gasteiger partial charge in [0.25, 0.3) is 15.9 Å². The number of sulfonamides is 1. The van der Waals surface area contributed by atoms with Crippen molar-refractivity contribution in [3.8, 4) is 5.75 Å². The van der Waals surface area contributed by atoms with Gasteiger partial charge in [-0.3, -0.25) is 9.52 Å². The number of benzene rings is 3. The zero-order valence-electron chi connectivity index (χ0n) is 16.8. The minimum atomic E-state index is -3.86. The molecule has 0 saturated carbocycles. The Hall–Kier alpha value is -3.39. The Morgan fingerprint density at radius 1 is 1.06 bits per heavy atom. The molecule has 4 rings (SSSR count). The van der Waals surface area contributed by atoms with Crippen LogP contribution in [0.4, 0.5) is 10.1 Å². The van der Waals surface area contributed by atoms with Crippen molar-refractivity contribution in [2.45, 2.75) is 23.8 Å². The quantitative estimate of drug-likeness (QED) is 0.606. The lowest BCUT2D eigenvalue weighted by Crippen LogP contribution is -2.27. The fraction of sp³-hybridized carbons (Fsp3) is 0.174. The highest BCUT2D eigenvalue weighted by atomic mass is 32.2. The highest BCUT2D eigenvalue weighted by Crippen LogP contribution is 2.32. The van der Waals surface area contributed by atoms with Gasteiger partial charge in [-0.1, -0.05) is 18.2 Å². The van der Waals surface area contributed by atoms with E-state index >= 15 is 0 Å².